The molecule has 0 bridgehead atoms. The Bertz CT molecular complexity index is 1520. The number of hydrogen-bond donors (Lipinski definition) is 1. The summed E-state index contributed by atoms with van der Waals surface area (Å²) in [7, 11) is 0. The summed E-state index contributed by atoms with van der Waals surface area (Å²) in [5.74, 6) is 0.886. The highest BCUT2D eigenvalue weighted by molar-refractivity contribution is 8.03. The summed E-state index contributed by atoms with van der Waals surface area (Å²) in [4.78, 5) is 12.3. The van der Waals surface area contributed by atoms with E-state index < -0.39 is 0 Å². The lowest BCUT2D eigenvalue weighted by Crippen LogP contribution is -2.21. The molecule has 0 spiro atoms. The van der Waals surface area contributed by atoms with E-state index >= 15 is 0 Å². The van der Waals surface area contributed by atoms with Gasteiger partial charge in [-0.3, -0.25) is 4.79 Å². The van der Waals surface area contributed by atoms with E-state index in [1.165, 1.54) is 44.8 Å². The van der Waals surface area contributed by atoms with E-state index in [4.69, 9.17) is 0 Å². The van der Waals surface area contributed by atoms with E-state index in [1.807, 2.05) is 25.1 Å². The minimum absolute atomic E-state index is 0.171. The van der Waals surface area contributed by atoms with Crippen LogP contribution < -0.4 is 5.43 Å². The highest BCUT2D eigenvalue weighted by Gasteiger charge is 2.10. The monoisotopic (exact) mass is 514 g/mol. The number of hydrogen-bond acceptors (Lipinski definition) is 7. The van der Waals surface area contributed by atoms with Crippen molar-refractivity contribution in [3.05, 3.63) is 96.1 Å². The average Bonchev–Trinajstić information content (AvgIpc) is 3.37. The maximum atomic E-state index is 12.3. The van der Waals surface area contributed by atoms with Gasteiger partial charge in [0, 0.05) is 5.75 Å². The molecule has 0 atom stereocenters. The molecule has 0 saturated heterocycles. The van der Waals surface area contributed by atoms with Crippen LogP contribution in [0.15, 0.2) is 98.7 Å². The number of amides is 1. The summed E-state index contributed by atoms with van der Waals surface area (Å²) < 4.78 is 1.67. The Morgan fingerprint density at radius 2 is 1.57 bits per heavy atom. The molecule has 0 aliphatic carbocycles. The van der Waals surface area contributed by atoms with Crippen LogP contribution >= 0.6 is 34.9 Å². The van der Waals surface area contributed by atoms with Crippen LogP contribution in [-0.2, 0) is 10.5 Å². The molecule has 4 aromatic carbocycles. The van der Waals surface area contributed by atoms with Gasteiger partial charge in [0.15, 0.2) is 8.68 Å². The molecule has 0 unspecified atom stereocenters. The Morgan fingerprint density at radius 1 is 0.857 bits per heavy atom. The summed E-state index contributed by atoms with van der Waals surface area (Å²) in [5, 5.41) is 17.6. The zero-order valence-electron chi connectivity index (χ0n) is 19.0. The first-order valence-corrected chi connectivity index (χ1v) is 13.8. The van der Waals surface area contributed by atoms with E-state index in [0.717, 1.165) is 31.1 Å². The highest BCUT2D eigenvalue weighted by atomic mass is 32.2. The molecular weight excluding hydrogens is 493 g/mol. The van der Waals surface area contributed by atoms with Crippen molar-refractivity contribution in [1.29, 1.82) is 0 Å². The number of nitrogens with one attached hydrogen (secondary N) is 1. The Labute approximate surface area is 216 Å². The van der Waals surface area contributed by atoms with Crippen LogP contribution in [0.5, 0.6) is 0 Å². The van der Waals surface area contributed by atoms with Crippen LogP contribution in [0.3, 0.4) is 0 Å². The van der Waals surface area contributed by atoms with Crippen LogP contribution in [-0.4, -0.2) is 27.6 Å². The minimum Gasteiger partial charge on any atom is -0.272 e. The van der Waals surface area contributed by atoms with E-state index in [-0.39, 0.29) is 11.7 Å². The second-order valence-electron chi connectivity index (χ2n) is 7.84. The van der Waals surface area contributed by atoms with E-state index in [9.17, 15) is 4.79 Å². The Balaban J connectivity index is 1.13. The summed E-state index contributed by atoms with van der Waals surface area (Å²) >= 11 is 4.55. The van der Waals surface area contributed by atoms with E-state index in [1.54, 1.807) is 11.8 Å². The van der Waals surface area contributed by atoms with Crippen molar-refractivity contribution in [3.8, 4) is 0 Å². The van der Waals surface area contributed by atoms with Crippen molar-refractivity contribution in [2.75, 3.05) is 5.75 Å². The number of nitrogens with zero attached hydrogens (tertiary/aromatic N) is 3. The maximum Gasteiger partial charge on any atom is 0.250 e. The molecule has 8 heteroatoms. The quantitative estimate of drug-likeness (QED) is 0.141. The number of aromatic nitrogens is 2. The maximum absolute atomic E-state index is 12.3. The summed E-state index contributed by atoms with van der Waals surface area (Å²) in [6, 6.07) is 29.1. The summed E-state index contributed by atoms with van der Waals surface area (Å²) in [5.41, 5.74) is 5.67. The van der Waals surface area contributed by atoms with Gasteiger partial charge in [0.1, 0.15) is 0 Å². The molecule has 0 fully saturated rings. The number of rotatable bonds is 8. The lowest BCUT2D eigenvalue weighted by molar-refractivity contribution is -0.118. The first-order valence-electron chi connectivity index (χ1n) is 11.0. The lowest BCUT2D eigenvalue weighted by Gasteiger charge is -2.04. The predicted molar refractivity (Wildman–Crippen MR) is 148 cm³/mol. The smallest absolute Gasteiger partial charge is 0.250 e. The third-order valence-electron chi connectivity index (χ3n) is 5.46. The van der Waals surface area contributed by atoms with Crippen molar-refractivity contribution < 1.29 is 4.79 Å². The number of carbonyl (C=O) groups is 1. The number of carbonyl (C=O) groups excluding carboxylic acids is 1. The molecule has 174 valence electrons. The standard InChI is InChI=1S/C27H22N4OS3/c1-18(21-14-13-19-7-2-3-9-22(19)15-21)28-29-25(32)17-34-27-31-30-26(35-27)33-16-23-11-6-10-20-8-4-5-12-24(20)23/h2-15H,16-17H2,1H3,(H,29,32)/b28-18-. The zero-order chi connectivity index (χ0) is 24.0. The van der Waals surface area contributed by atoms with Gasteiger partial charge in [0.2, 0.25) is 0 Å². The largest absolute Gasteiger partial charge is 0.272 e. The second kappa shape index (κ2) is 11.0. The van der Waals surface area contributed by atoms with Gasteiger partial charge in [-0.05, 0) is 45.7 Å². The van der Waals surface area contributed by atoms with Gasteiger partial charge in [0.25, 0.3) is 5.91 Å². The van der Waals surface area contributed by atoms with Gasteiger partial charge >= 0.3 is 0 Å². The van der Waals surface area contributed by atoms with Crippen molar-refractivity contribution in [3.63, 3.8) is 0 Å². The summed E-state index contributed by atoms with van der Waals surface area (Å²) in [6.07, 6.45) is 0. The average molecular weight is 515 g/mol. The molecule has 0 saturated carbocycles. The Kier molecular flexibility index (Phi) is 7.42. The summed E-state index contributed by atoms with van der Waals surface area (Å²) in [6.45, 7) is 1.89. The molecule has 35 heavy (non-hydrogen) atoms. The molecule has 5 rings (SSSR count). The minimum atomic E-state index is -0.171. The highest BCUT2D eigenvalue weighted by Crippen LogP contribution is 2.32. The first kappa shape index (κ1) is 23.5. The fourth-order valence-corrected chi connectivity index (χ4v) is 6.47. The normalized spacial score (nSPS) is 11.7. The second-order valence-corrected chi connectivity index (χ2v) is 11.3. The van der Waals surface area contributed by atoms with E-state index in [2.05, 4.69) is 87.5 Å². The van der Waals surface area contributed by atoms with Gasteiger partial charge in [-0.1, -0.05) is 114 Å². The number of thioether (sulfide) groups is 2. The van der Waals surface area contributed by atoms with Crippen LogP contribution in [0.25, 0.3) is 21.5 Å². The molecule has 1 amide bonds. The van der Waals surface area contributed by atoms with Gasteiger partial charge in [-0.15, -0.1) is 10.2 Å². The SMILES string of the molecule is C/C(=N/NC(=O)CSc1nnc(SCc2cccc3ccccc23)s1)c1ccc2ccccc2c1. The van der Waals surface area contributed by atoms with Crippen molar-refractivity contribution in [2.24, 2.45) is 5.10 Å². The Morgan fingerprint density at radius 3 is 2.43 bits per heavy atom. The zero-order valence-corrected chi connectivity index (χ0v) is 21.4. The number of hydrazone groups is 1. The molecule has 0 radical (unpaired) electrons. The predicted octanol–water partition coefficient (Wildman–Crippen LogP) is 6.77. The molecule has 5 aromatic rings. The molecule has 5 nitrogen and oxygen atoms in total. The molecule has 0 aliphatic rings. The third kappa shape index (κ3) is 5.90. The number of benzene rings is 4. The van der Waals surface area contributed by atoms with E-state index in [0.29, 0.717) is 0 Å². The third-order valence-corrected chi connectivity index (χ3v) is 8.70. The van der Waals surface area contributed by atoms with Crippen LogP contribution in [0, 0.1) is 0 Å². The molecule has 1 aromatic heterocycles. The topological polar surface area (TPSA) is 67.2 Å². The molecule has 1 N–H and O–H groups in total. The number of fused-ring (bicyclic) bond motifs is 2. The van der Waals surface area contributed by atoms with Gasteiger partial charge in [-0.2, -0.15) is 5.10 Å². The van der Waals surface area contributed by atoms with Crippen LogP contribution in [0.1, 0.15) is 18.1 Å². The molecule has 1 heterocycles. The fraction of sp³-hybridized carbons (Fsp3) is 0.111. The van der Waals surface area contributed by atoms with Crippen molar-refractivity contribution in [2.45, 2.75) is 21.4 Å². The Hall–Kier alpha value is -3.20. The molecule has 0 aliphatic heterocycles. The van der Waals surface area contributed by atoms with Gasteiger partial charge in [-0.25, -0.2) is 5.43 Å². The molecular formula is C27H22N4OS3. The fourth-order valence-electron chi connectivity index (χ4n) is 3.66. The van der Waals surface area contributed by atoms with Gasteiger partial charge in [0.05, 0.1) is 11.5 Å². The first-order chi connectivity index (χ1) is 17.2. The van der Waals surface area contributed by atoms with Crippen LogP contribution in [0.2, 0.25) is 0 Å². The van der Waals surface area contributed by atoms with Gasteiger partial charge < -0.3 is 0 Å². The van der Waals surface area contributed by atoms with Crippen molar-refractivity contribution >= 4 is 68.0 Å². The lowest BCUT2D eigenvalue weighted by atomic mass is 10.0. The van der Waals surface area contributed by atoms with Crippen LogP contribution in [0.4, 0.5) is 0 Å². The van der Waals surface area contributed by atoms with Crippen molar-refractivity contribution in [1.82, 2.24) is 15.6 Å².